The molecule has 1 aliphatic heterocycles. The molecular weight excluding hydrogens is 336 g/mol. The average Bonchev–Trinajstić information content (AvgIpc) is 2.69. The first-order valence-electron chi connectivity index (χ1n) is 9.88. The highest BCUT2D eigenvalue weighted by atomic mass is 16.5. The van der Waals surface area contributed by atoms with Gasteiger partial charge in [0.15, 0.2) is 6.10 Å². The van der Waals surface area contributed by atoms with Crippen LogP contribution >= 0.6 is 0 Å². The smallest absolute Gasteiger partial charge is 0.261 e. The SMILES string of the molecule is Cc1ccc(OC(C)C(=O)NCc2ccc(N3CCCCC3)cc2)c(C)c1. The molecule has 2 aromatic rings. The molecule has 1 amide bonds. The van der Waals surface area contributed by atoms with E-state index in [1.54, 1.807) is 6.92 Å². The minimum atomic E-state index is -0.529. The van der Waals surface area contributed by atoms with Crippen molar-refractivity contribution < 1.29 is 9.53 Å². The maximum Gasteiger partial charge on any atom is 0.261 e. The third-order valence-electron chi connectivity index (χ3n) is 5.13. The van der Waals surface area contributed by atoms with Gasteiger partial charge in [0.1, 0.15) is 5.75 Å². The molecule has 0 spiro atoms. The first-order chi connectivity index (χ1) is 13.0. The molecule has 1 aliphatic rings. The van der Waals surface area contributed by atoms with Gasteiger partial charge in [0.05, 0.1) is 0 Å². The number of hydrogen-bond donors (Lipinski definition) is 1. The summed E-state index contributed by atoms with van der Waals surface area (Å²) in [6.45, 7) is 8.63. The summed E-state index contributed by atoms with van der Waals surface area (Å²) in [6.07, 6.45) is 3.36. The second kappa shape index (κ2) is 8.94. The molecule has 0 radical (unpaired) electrons. The molecule has 1 atom stereocenters. The van der Waals surface area contributed by atoms with Gasteiger partial charge in [-0.1, -0.05) is 29.8 Å². The highest BCUT2D eigenvalue weighted by molar-refractivity contribution is 5.80. The van der Waals surface area contributed by atoms with Gasteiger partial charge in [-0.3, -0.25) is 4.79 Å². The molecule has 1 saturated heterocycles. The minimum absolute atomic E-state index is 0.102. The summed E-state index contributed by atoms with van der Waals surface area (Å²) in [4.78, 5) is 14.8. The van der Waals surface area contributed by atoms with E-state index in [0.29, 0.717) is 6.54 Å². The van der Waals surface area contributed by atoms with Crippen molar-refractivity contribution in [3.63, 3.8) is 0 Å². The Balaban J connectivity index is 1.50. The Labute approximate surface area is 162 Å². The van der Waals surface area contributed by atoms with E-state index in [2.05, 4.69) is 40.5 Å². The van der Waals surface area contributed by atoms with E-state index in [1.165, 1.54) is 30.5 Å². The zero-order chi connectivity index (χ0) is 19.2. The van der Waals surface area contributed by atoms with Crippen molar-refractivity contribution in [3.05, 3.63) is 59.2 Å². The molecule has 3 rings (SSSR count). The predicted octanol–water partition coefficient (Wildman–Crippen LogP) is 4.38. The summed E-state index contributed by atoms with van der Waals surface area (Å²) < 4.78 is 5.83. The molecule has 0 aromatic heterocycles. The second-order valence-electron chi connectivity index (χ2n) is 7.46. The van der Waals surface area contributed by atoms with Crippen molar-refractivity contribution in [1.82, 2.24) is 5.32 Å². The minimum Gasteiger partial charge on any atom is -0.481 e. The molecule has 1 heterocycles. The summed E-state index contributed by atoms with van der Waals surface area (Å²) in [7, 11) is 0. The normalized spacial score (nSPS) is 15.3. The molecule has 2 aromatic carbocycles. The van der Waals surface area contributed by atoms with Crippen molar-refractivity contribution in [1.29, 1.82) is 0 Å². The van der Waals surface area contributed by atoms with Crippen LogP contribution in [0.3, 0.4) is 0 Å². The van der Waals surface area contributed by atoms with Crippen LogP contribution in [0.15, 0.2) is 42.5 Å². The summed E-state index contributed by atoms with van der Waals surface area (Å²) in [5, 5.41) is 2.97. The first-order valence-corrected chi connectivity index (χ1v) is 9.88. The van der Waals surface area contributed by atoms with Gasteiger partial charge >= 0.3 is 0 Å². The molecule has 1 N–H and O–H groups in total. The number of carbonyl (C=O) groups is 1. The van der Waals surface area contributed by atoms with Crippen LogP contribution in [0.25, 0.3) is 0 Å². The third kappa shape index (κ3) is 5.25. The molecule has 0 saturated carbocycles. The number of benzene rings is 2. The number of rotatable bonds is 6. The number of nitrogens with zero attached hydrogens (tertiary/aromatic N) is 1. The lowest BCUT2D eigenvalue weighted by Gasteiger charge is -2.28. The summed E-state index contributed by atoms with van der Waals surface area (Å²) in [5.74, 6) is 0.657. The average molecular weight is 367 g/mol. The van der Waals surface area contributed by atoms with Crippen molar-refractivity contribution in [3.8, 4) is 5.75 Å². The van der Waals surface area contributed by atoms with Gasteiger partial charge in [0.2, 0.25) is 0 Å². The van der Waals surface area contributed by atoms with Crippen LogP contribution in [-0.4, -0.2) is 25.1 Å². The van der Waals surface area contributed by atoms with Gasteiger partial charge in [0, 0.05) is 25.3 Å². The summed E-state index contributed by atoms with van der Waals surface area (Å²) in [6, 6.07) is 14.5. The number of aryl methyl sites for hydroxylation is 2. The molecule has 27 heavy (non-hydrogen) atoms. The zero-order valence-corrected chi connectivity index (χ0v) is 16.6. The lowest BCUT2D eigenvalue weighted by molar-refractivity contribution is -0.127. The van der Waals surface area contributed by atoms with E-state index in [9.17, 15) is 4.79 Å². The van der Waals surface area contributed by atoms with Gasteiger partial charge in [-0.05, 0) is 69.4 Å². The maximum absolute atomic E-state index is 12.4. The van der Waals surface area contributed by atoms with E-state index >= 15 is 0 Å². The van der Waals surface area contributed by atoms with Gasteiger partial charge < -0.3 is 15.0 Å². The second-order valence-corrected chi connectivity index (χ2v) is 7.46. The number of anilines is 1. The fourth-order valence-corrected chi connectivity index (χ4v) is 3.49. The Morgan fingerprint density at radius 3 is 2.44 bits per heavy atom. The van der Waals surface area contributed by atoms with Crippen LogP contribution in [-0.2, 0) is 11.3 Å². The molecular formula is C23H30N2O2. The standard InChI is InChI=1S/C23H30N2O2/c1-17-7-12-22(18(2)15-17)27-19(3)23(26)24-16-20-8-10-21(11-9-20)25-13-5-4-6-14-25/h7-12,15,19H,4-6,13-14,16H2,1-3H3,(H,24,26). The van der Waals surface area contributed by atoms with E-state index in [0.717, 1.165) is 30.0 Å². The number of nitrogens with one attached hydrogen (secondary N) is 1. The van der Waals surface area contributed by atoms with Gasteiger partial charge in [-0.25, -0.2) is 0 Å². The van der Waals surface area contributed by atoms with Crippen molar-refractivity contribution in [2.45, 2.75) is 52.7 Å². The summed E-state index contributed by atoms with van der Waals surface area (Å²) in [5.41, 5.74) is 4.60. The predicted molar refractivity (Wildman–Crippen MR) is 110 cm³/mol. The number of piperidine rings is 1. The fourth-order valence-electron chi connectivity index (χ4n) is 3.49. The number of hydrogen-bond acceptors (Lipinski definition) is 3. The van der Waals surface area contributed by atoms with Crippen molar-refractivity contribution >= 4 is 11.6 Å². The molecule has 1 fully saturated rings. The van der Waals surface area contributed by atoms with Gasteiger partial charge in [-0.15, -0.1) is 0 Å². The Hall–Kier alpha value is -2.49. The topological polar surface area (TPSA) is 41.6 Å². The van der Waals surface area contributed by atoms with Crippen molar-refractivity contribution in [2.75, 3.05) is 18.0 Å². The van der Waals surface area contributed by atoms with Crippen LogP contribution in [0.5, 0.6) is 5.75 Å². The highest BCUT2D eigenvalue weighted by Gasteiger charge is 2.16. The Morgan fingerprint density at radius 2 is 1.78 bits per heavy atom. The first kappa shape index (κ1) is 19.3. The monoisotopic (exact) mass is 366 g/mol. The molecule has 4 heteroatoms. The van der Waals surface area contributed by atoms with Crippen LogP contribution in [0.2, 0.25) is 0 Å². The molecule has 0 bridgehead atoms. The lowest BCUT2D eigenvalue weighted by atomic mass is 10.1. The van der Waals surface area contributed by atoms with Crippen LogP contribution in [0.1, 0.15) is 42.9 Å². The molecule has 0 aliphatic carbocycles. The Morgan fingerprint density at radius 1 is 1.07 bits per heavy atom. The third-order valence-corrected chi connectivity index (χ3v) is 5.13. The van der Waals surface area contributed by atoms with E-state index < -0.39 is 6.10 Å². The van der Waals surface area contributed by atoms with E-state index in [4.69, 9.17) is 4.74 Å². The molecule has 1 unspecified atom stereocenters. The zero-order valence-electron chi connectivity index (χ0n) is 16.6. The van der Waals surface area contributed by atoms with Gasteiger partial charge in [0.25, 0.3) is 5.91 Å². The highest BCUT2D eigenvalue weighted by Crippen LogP contribution is 2.21. The van der Waals surface area contributed by atoms with Gasteiger partial charge in [-0.2, -0.15) is 0 Å². The largest absolute Gasteiger partial charge is 0.481 e. The fraction of sp³-hybridized carbons (Fsp3) is 0.435. The molecule has 4 nitrogen and oxygen atoms in total. The van der Waals surface area contributed by atoms with Crippen LogP contribution in [0.4, 0.5) is 5.69 Å². The number of ether oxygens (including phenoxy) is 1. The van der Waals surface area contributed by atoms with E-state index in [1.807, 2.05) is 26.0 Å². The maximum atomic E-state index is 12.4. The van der Waals surface area contributed by atoms with Crippen LogP contribution < -0.4 is 15.0 Å². The van der Waals surface area contributed by atoms with Crippen molar-refractivity contribution in [2.24, 2.45) is 0 Å². The van der Waals surface area contributed by atoms with E-state index in [-0.39, 0.29) is 5.91 Å². The molecule has 144 valence electrons. The Bertz CT molecular complexity index is 764. The quantitative estimate of drug-likeness (QED) is 0.825. The Kier molecular flexibility index (Phi) is 6.38. The lowest BCUT2D eigenvalue weighted by Crippen LogP contribution is -2.36. The van der Waals surface area contributed by atoms with Crippen LogP contribution in [0, 0.1) is 13.8 Å². The number of carbonyl (C=O) groups excluding carboxylic acids is 1. The number of amides is 1. The summed E-state index contributed by atoms with van der Waals surface area (Å²) >= 11 is 0.